The second-order valence-corrected chi connectivity index (χ2v) is 14.4. The first-order valence-corrected chi connectivity index (χ1v) is 18.0. The maximum Gasteiger partial charge on any atom is 0.352 e. The topological polar surface area (TPSA) is 147 Å². The molecule has 0 aliphatic carbocycles. The number of thiazole rings is 1. The molecule has 256 valence electrons. The van der Waals surface area contributed by atoms with Gasteiger partial charge in [-0.2, -0.15) is 0 Å². The van der Waals surface area contributed by atoms with E-state index in [-0.39, 0.29) is 21.4 Å². The minimum Gasteiger partial charge on any atom is -0.477 e. The molecule has 0 saturated carbocycles. The molecule has 5 aromatic rings. The van der Waals surface area contributed by atoms with E-state index in [0.717, 1.165) is 16.7 Å². The Balaban J connectivity index is 1.25. The number of hydrogen-bond donors (Lipinski definition) is 2. The number of benzene rings is 3. The molecule has 2 amide bonds. The first kappa shape index (κ1) is 34.0. The largest absolute Gasteiger partial charge is 0.477 e. The van der Waals surface area contributed by atoms with Crippen LogP contribution in [0.4, 0.5) is 0 Å². The maximum absolute atomic E-state index is 14.2. The molecule has 1 saturated heterocycles. The van der Waals surface area contributed by atoms with E-state index < -0.39 is 35.5 Å². The fourth-order valence-electron chi connectivity index (χ4n) is 6.42. The Morgan fingerprint density at radius 2 is 1.61 bits per heavy atom. The number of nitrogens with one attached hydrogen (secondary N) is 1. The van der Waals surface area contributed by atoms with Gasteiger partial charge in [-0.25, -0.2) is 9.78 Å². The van der Waals surface area contributed by atoms with E-state index in [1.807, 2.05) is 91.0 Å². The zero-order valence-electron chi connectivity index (χ0n) is 27.0. The molecule has 51 heavy (non-hydrogen) atoms. The van der Waals surface area contributed by atoms with Gasteiger partial charge in [0.2, 0.25) is 5.60 Å². The monoisotopic (exact) mass is 736 g/mol. The SMILES string of the molecule is Cc1nc(/C(=N/OC(c2ccccc2)(c2ccccc2)c2ccccc2)C(=O)N[C@@H]2C(=O)N3C(C(=O)O)=C(/C=C\c4nncs4)CC[C@H]23)c(Cl)s1. The third kappa shape index (κ3) is 6.47. The number of rotatable bonds is 11. The van der Waals surface area contributed by atoms with E-state index >= 15 is 0 Å². The average Bonchev–Trinajstić information content (AvgIpc) is 3.80. The van der Waals surface area contributed by atoms with Crippen LogP contribution >= 0.6 is 34.3 Å². The average molecular weight is 737 g/mol. The van der Waals surface area contributed by atoms with Gasteiger partial charge in [0.15, 0.2) is 5.71 Å². The van der Waals surface area contributed by atoms with Gasteiger partial charge in [-0.3, -0.25) is 14.5 Å². The van der Waals surface area contributed by atoms with Gasteiger partial charge in [-0.1, -0.05) is 114 Å². The van der Waals surface area contributed by atoms with Crippen LogP contribution in [0.5, 0.6) is 0 Å². The number of carboxylic acids is 1. The van der Waals surface area contributed by atoms with Crippen LogP contribution < -0.4 is 5.32 Å². The Hall–Kier alpha value is -5.50. The van der Waals surface area contributed by atoms with Crippen LogP contribution in [0.15, 0.2) is 119 Å². The molecule has 0 bridgehead atoms. The van der Waals surface area contributed by atoms with Crippen LogP contribution in [0.1, 0.15) is 45.2 Å². The van der Waals surface area contributed by atoms with E-state index in [2.05, 4.69) is 25.7 Å². The van der Waals surface area contributed by atoms with Gasteiger partial charge < -0.3 is 15.3 Å². The summed E-state index contributed by atoms with van der Waals surface area (Å²) >= 11 is 9.11. The number of nitrogens with zero attached hydrogens (tertiary/aromatic N) is 5. The minimum absolute atomic E-state index is 0.0993. The third-order valence-corrected chi connectivity index (χ3v) is 10.5. The molecule has 0 spiro atoms. The van der Waals surface area contributed by atoms with Crippen LogP contribution in [-0.2, 0) is 24.8 Å². The van der Waals surface area contributed by atoms with Gasteiger partial charge in [0.05, 0.1) is 11.0 Å². The number of carboxylic acid groups (broad SMARTS) is 1. The van der Waals surface area contributed by atoms with Gasteiger partial charge in [0, 0.05) is 16.7 Å². The minimum atomic E-state index is -1.31. The lowest BCUT2D eigenvalue weighted by Crippen LogP contribution is -2.72. The molecule has 14 heteroatoms. The lowest BCUT2D eigenvalue weighted by Gasteiger charge is -2.50. The Morgan fingerprint density at radius 3 is 2.12 bits per heavy atom. The number of allylic oxidation sites excluding steroid dienone is 2. The van der Waals surface area contributed by atoms with Crippen molar-refractivity contribution in [2.75, 3.05) is 0 Å². The Kier molecular flexibility index (Phi) is 9.58. The molecule has 4 heterocycles. The smallest absolute Gasteiger partial charge is 0.352 e. The first-order valence-electron chi connectivity index (χ1n) is 15.9. The summed E-state index contributed by atoms with van der Waals surface area (Å²) in [5.74, 6) is -2.54. The summed E-state index contributed by atoms with van der Waals surface area (Å²) in [5.41, 5.74) is 2.74. The molecule has 2 aliphatic heterocycles. The molecule has 11 nitrogen and oxygen atoms in total. The molecule has 0 unspecified atom stereocenters. The van der Waals surface area contributed by atoms with Gasteiger partial charge >= 0.3 is 5.97 Å². The molecule has 2 aromatic heterocycles. The predicted molar refractivity (Wildman–Crippen MR) is 194 cm³/mol. The normalized spacial score (nSPS) is 17.6. The number of amides is 2. The number of halogens is 1. The summed E-state index contributed by atoms with van der Waals surface area (Å²) in [6.07, 6.45) is 4.10. The highest BCUT2D eigenvalue weighted by molar-refractivity contribution is 7.16. The van der Waals surface area contributed by atoms with E-state index in [4.69, 9.17) is 16.4 Å². The van der Waals surface area contributed by atoms with Crippen LogP contribution in [0, 0.1) is 6.92 Å². The lowest BCUT2D eigenvalue weighted by atomic mass is 9.80. The molecule has 2 aliphatic rings. The molecular formula is C37H29ClN6O5S2. The van der Waals surface area contributed by atoms with E-state index in [9.17, 15) is 19.5 Å². The molecule has 7 rings (SSSR count). The van der Waals surface area contributed by atoms with Crippen molar-refractivity contribution in [3.8, 4) is 0 Å². The number of hydrogen-bond acceptors (Lipinski definition) is 10. The summed E-state index contributed by atoms with van der Waals surface area (Å²) in [4.78, 5) is 52.6. The second kappa shape index (κ2) is 14.4. The van der Waals surface area contributed by atoms with E-state index in [0.29, 0.717) is 28.4 Å². The number of β-lactam (4-membered cyclic amide) rings is 1. The highest BCUT2D eigenvalue weighted by Gasteiger charge is 2.53. The first-order chi connectivity index (χ1) is 24.8. The fraction of sp³-hybridized carbons (Fsp3) is 0.162. The van der Waals surface area contributed by atoms with E-state index in [1.165, 1.54) is 27.6 Å². The Bertz CT molecular complexity index is 2080. The van der Waals surface area contributed by atoms with Crippen molar-refractivity contribution >= 4 is 63.8 Å². The standard InChI is InChI=1S/C37H29ClN6O5S2/c1-22-40-30(33(38)51-22)31(43-49-37(24-11-5-2-6-12-24,25-13-7-3-8-14-25)26-15-9-4-10-16-26)34(45)41-29-27-19-17-23(18-20-28-42-39-21-50-28)32(36(47)48)44(27)35(29)46/h2-16,18,20-21,27,29H,17,19H2,1H3,(H,41,45)(H,47,48)/b20-18-,43-31-/t27-,29+/m1/s1. The molecule has 1 fully saturated rings. The number of aryl methyl sites for hydroxylation is 1. The molecule has 3 aromatic carbocycles. The van der Waals surface area contributed by atoms with Gasteiger partial charge in [-0.15, -0.1) is 32.9 Å². The van der Waals surface area contributed by atoms with Crippen molar-refractivity contribution in [3.05, 3.63) is 151 Å². The highest BCUT2D eigenvalue weighted by Crippen LogP contribution is 2.41. The zero-order valence-corrected chi connectivity index (χ0v) is 29.4. The highest BCUT2D eigenvalue weighted by atomic mass is 35.5. The molecule has 0 radical (unpaired) electrons. The van der Waals surface area contributed by atoms with Gasteiger partial charge in [-0.05, 0) is 31.4 Å². The summed E-state index contributed by atoms with van der Waals surface area (Å²) in [6.45, 7) is 1.75. The van der Waals surface area contributed by atoms with Crippen molar-refractivity contribution in [2.24, 2.45) is 5.16 Å². The summed E-state index contributed by atoms with van der Waals surface area (Å²) in [7, 11) is 0. The summed E-state index contributed by atoms with van der Waals surface area (Å²) < 4.78 is 0.219. The second-order valence-electron chi connectivity index (χ2n) is 11.7. The van der Waals surface area contributed by atoms with Gasteiger partial charge in [0.1, 0.15) is 32.3 Å². The Labute approximate surface area is 305 Å². The Morgan fingerprint density at radius 1 is 1.00 bits per heavy atom. The summed E-state index contributed by atoms with van der Waals surface area (Å²) in [5, 5.41) is 26.4. The quantitative estimate of drug-likeness (QED) is 0.0705. The lowest BCUT2D eigenvalue weighted by molar-refractivity contribution is -0.155. The van der Waals surface area contributed by atoms with Crippen molar-refractivity contribution in [2.45, 2.75) is 37.5 Å². The third-order valence-electron chi connectivity index (χ3n) is 8.71. The molecular weight excluding hydrogens is 708 g/mol. The van der Waals surface area contributed by atoms with Crippen molar-refractivity contribution in [1.29, 1.82) is 0 Å². The number of aliphatic carboxylic acids is 1. The van der Waals surface area contributed by atoms with Crippen LogP contribution in [0.2, 0.25) is 4.34 Å². The van der Waals surface area contributed by atoms with Crippen LogP contribution in [-0.4, -0.2) is 60.8 Å². The zero-order chi connectivity index (χ0) is 35.5. The van der Waals surface area contributed by atoms with Crippen molar-refractivity contribution in [3.63, 3.8) is 0 Å². The predicted octanol–water partition coefficient (Wildman–Crippen LogP) is 6.21. The van der Waals surface area contributed by atoms with Crippen molar-refractivity contribution < 1.29 is 24.3 Å². The number of fused-ring (bicyclic) bond motifs is 1. The summed E-state index contributed by atoms with van der Waals surface area (Å²) in [6, 6.07) is 27.0. The maximum atomic E-state index is 14.2. The van der Waals surface area contributed by atoms with Gasteiger partial charge in [0.25, 0.3) is 11.8 Å². The van der Waals surface area contributed by atoms with Crippen LogP contribution in [0.25, 0.3) is 6.08 Å². The number of carbonyl (C=O) groups is 3. The number of oxime groups is 1. The fourth-order valence-corrected chi connectivity index (χ4v) is 7.97. The number of carbonyl (C=O) groups excluding carboxylic acids is 2. The van der Waals surface area contributed by atoms with Crippen molar-refractivity contribution in [1.82, 2.24) is 25.4 Å². The molecule has 2 atom stereocenters. The molecule has 2 N–H and O–H groups in total. The van der Waals surface area contributed by atoms with E-state index in [1.54, 1.807) is 24.6 Å². The number of aromatic nitrogens is 3. The van der Waals surface area contributed by atoms with Crippen LogP contribution in [0.3, 0.4) is 0 Å².